The predicted molar refractivity (Wildman–Crippen MR) is 111 cm³/mol. The van der Waals surface area contributed by atoms with E-state index in [0.29, 0.717) is 5.39 Å². The van der Waals surface area contributed by atoms with Crippen LogP contribution in [0.25, 0.3) is 49.2 Å². The topological polar surface area (TPSA) is 34.4 Å². The largest absolute Gasteiger partial charge is 0.275 e. The van der Waals surface area contributed by atoms with Gasteiger partial charge in [0.15, 0.2) is 0 Å². The van der Waals surface area contributed by atoms with Crippen LogP contribution < -0.4 is 5.56 Å². The quantitative estimate of drug-likeness (QED) is 0.381. The minimum absolute atomic E-state index is 0.00994. The Hall–Kier alpha value is -3.72. The van der Waals surface area contributed by atoms with E-state index in [1.807, 2.05) is 46.9 Å². The van der Waals surface area contributed by atoms with Crippen LogP contribution in [0, 0.1) is 0 Å². The molecule has 3 aromatic heterocycles. The summed E-state index contributed by atoms with van der Waals surface area (Å²) >= 11 is 0. The molecular weight excluding hydrogens is 332 g/mol. The summed E-state index contributed by atoms with van der Waals surface area (Å²) in [5.74, 6) is 0. The molecule has 0 atom stereocenters. The van der Waals surface area contributed by atoms with Gasteiger partial charge < -0.3 is 0 Å². The van der Waals surface area contributed by atoms with E-state index in [1.54, 1.807) is 6.20 Å². The van der Waals surface area contributed by atoms with Gasteiger partial charge in [-0.2, -0.15) is 0 Å². The van der Waals surface area contributed by atoms with Crippen LogP contribution >= 0.6 is 0 Å². The Labute approximate surface area is 154 Å². The Morgan fingerprint density at radius 1 is 0.667 bits per heavy atom. The highest BCUT2D eigenvalue weighted by atomic mass is 16.1. The molecule has 3 aromatic carbocycles. The van der Waals surface area contributed by atoms with E-state index in [4.69, 9.17) is 0 Å². The second-order valence-corrected chi connectivity index (χ2v) is 6.84. The lowest BCUT2D eigenvalue weighted by Crippen LogP contribution is -2.13. The molecule has 0 aliphatic heterocycles. The molecule has 3 heterocycles. The molecule has 0 spiro atoms. The van der Waals surface area contributed by atoms with Crippen molar-refractivity contribution in [3.05, 3.63) is 95.4 Å². The first-order valence-corrected chi connectivity index (χ1v) is 8.95. The Morgan fingerprint density at radius 2 is 1.48 bits per heavy atom. The SMILES string of the molecule is O=c1c2cccnc2c2cccc3c4cc(-c5ccccc5)ccc4n1c32. The molecule has 0 amide bonds. The van der Waals surface area contributed by atoms with Gasteiger partial charge in [0.25, 0.3) is 5.56 Å². The fourth-order valence-electron chi connectivity index (χ4n) is 4.19. The third kappa shape index (κ3) is 1.86. The molecule has 6 rings (SSSR count). The van der Waals surface area contributed by atoms with E-state index in [0.717, 1.165) is 38.3 Å². The van der Waals surface area contributed by atoms with Crippen LogP contribution in [0.2, 0.25) is 0 Å². The molecule has 0 aliphatic rings. The van der Waals surface area contributed by atoms with E-state index in [-0.39, 0.29) is 5.56 Å². The summed E-state index contributed by atoms with van der Waals surface area (Å²) < 4.78 is 1.85. The van der Waals surface area contributed by atoms with Crippen molar-refractivity contribution in [1.82, 2.24) is 9.38 Å². The van der Waals surface area contributed by atoms with Crippen molar-refractivity contribution < 1.29 is 0 Å². The van der Waals surface area contributed by atoms with Gasteiger partial charge in [-0.05, 0) is 35.4 Å². The number of fused-ring (bicyclic) bond motifs is 5. The van der Waals surface area contributed by atoms with Gasteiger partial charge in [0.2, 0.25) is 0 Å². The number of benzene rings is 3. The van der Waals surface area contributed by atoms with Crippen molar-refractivity contribution in [2.75, 3.05) is 0 Å². The summed E-state index contributed by atoms with van der Waals surface area (Å²) in [7, 11) is 0. The molecule has 126 valence electrons. The van der Waals surface area contributed by atoms with Crippen molar-refractivity contribution in [3.63, 3.8) is 0 Å². The monoisotopic (exact) mass is 346 g/mol. The number of para-hydroxylation sites is 1. The van der Waals surface area contributed by atoms with E-state index in [2.05, 4.69) is 41.4 Å². The molecular formula is C24H14N2O. The normalized spacial score (nSPS) is 11.9. The molecule has 0 fully saturated rings. The van der Waals surface area contributed by atoms with Crippen molar-refractivity contribution in [3.8, 4) is 11.1 Å². The molecule has 0 bridgehead atoms. The van der Waals surface area contributed by atoms with Crippen LogP contribution in [0.4, 0.5) is 0 Å². The number of hydrogen-bond acceptors (Lipinski definition) is 2. The van der Waals surface area contributed by atoms with Crippen molar-refractivity contribution >= 4 is 38.1 Å². The molecule has 6 aromatic rings. The maximum atomic E-state index is 13.2. The maximum Gasteiger partial charge on any atom is 0.265 e. The molecule has 0 radical (unpaired) electrons. The maximum absolute atomic E-state index is 13.2. The van der Waals surface area contributed by atoms with Gasteiger partial charge in [0.1, 0.15) is 0 Å². The third-order valence-corrected chi connectivity index (χ3v) is 5.39. The van der Waals surface area contributed by atoms with E-state index < -0.39 is 0 Å². The summed E-state index contributed by atoms with van der Waals surface area (Å²) in [6, 6.07) is 26.5. The predicted octanol–water partition coefficient (Wildman–Crippen LogP) is 5.26. The summed E-state index contributed by atoms with van der Waals surface area (Å²) in [5.41, 5.74) is 4.97. The minimum Gasteiger partial charge on any atom is -0.275 e. The van der Waals surface area contributed by atoms with Gasteiger partial charge in [-0.15, -0.1) is 0 Å². The second-order valence-electron chi connectivity index (χ2n) is 6.84. The highest BCUT2D eigenvalue weighted by Gasteiger charge is 2.17. The minimum atomic E-state index is -0.00994. The Morgan fingerprint density at radius 3 is 2.37 bits per heavy atom. The van der Waals surface area contributed by atoms with Crippen LogP contribution in [-0.2, 0) is 0 Å². The zero-order valence-corrected chi connectivity index (χ0v) is 14.4. The van der Waals surface area contributed by atoms with E-state index in [1.165, 1.54) is 5.56 Å². The summed E-state index contributed by atoms with van der Waals surface area (Å²) in [6.45, 7) is 0. The lowest BCUT2D eigenvalue weighted by molar-refractivity contribution is 1.20. The second kappa shape index (κ2) is 5.15. The fraction of sp³-hybridized carbons (Fsp3) is 0. The van der Waals surface area contributed by atoms with Gasteiger partial charge in [0.05, 0.1) is 21.9 Å². The van der Waals surface area contributed by atoms with Crippen LogP contribution in [0.1, 0.15) is 0 Å². The van der Waals surface area contributed by atoms with Crippen molar-refractivity contribution in [2.45, 2.75) is 0 Å². The number of nitrogens with zero attached hydrogens (tertiary/aromatic N) is 2. The molecule has 0 unspecified atom stereocenters. The molecule has 0 saturated heterocycles. The Bertz CT molecular complexity index is 1530. The van der Waals surface area contributed by atoms with Gasteiger partial charge in [-0.25, -0.2) is 0 Å². The van der Waals surface area contributed by atoms with Crippen molar-refractivity contribution in [1.29, 1.82) is 0 Å². The third-order valence-electron chi connectivity index (χ3n) is 5.39. The van der Waals surface area contributed by atoms with Gasteiger partial charge >= 0.3 is 0 Å². The average molecular weight is 346 g/mol. The lowest BCUT2D eigenvalue weighted by Gasteiger charge is -2.04. The fourth-order valence-corrected chi connectivity index (χ4v) is 4.19. The molecule has 0 aliphatic carbocycles. The molecule has 27 heavy (non-hydrogen) atoms. The van der Waals surface area contributed by atoms with Gasteiger partial charge in [0, 0.05) is 22.4 Å². The number of pyridine rings is 2. The zero-order valence-electron chi connectivity index (χ0n) is 14.4. The average Bonchev–Trinajstić information content (AvgIpc) is 3.07. The lowest BCUT2D eigenvalue weighted by atomic mass is 10.0. The Balaban J connectivity index is 1.86. The van der Waals surface area contributed by atoms with Crippen LogP contribution in [0.5, 0.6) is 0 Å². The zero-order chi connectivity index (χ0) is 18.0. The summed E-state index contributed by atoms with van der Waals surface area (Å²) in [6.07, 6.45) is 1.75. The molecule has 0 N–H and O–H groups in total. The molecule has 3 heteroatoms. The van der Waals surface area contributed by atoms with Gasteiger partial charge in [-0.3, -0.25) is 14.2 Å². The Kier molecular flexibility index (Phi) is 2.75. The highest BCUT2D eigenvalue weighted by molar-refractivity contribution is 6.19. The molecule has 0 saturated carbocycles. The van der Waals surface area contributed by atoms with E-state index >= 15 is 0 Å². The number of hydrogen-bond donors (Lipinski definition) is 0. The summed E-state index contributed by atoms with van der Waals surface area (Å²) in [5, 5.41) is 3.85. The standard InChI is InChI=1S/C24H14N2O/c27-24-19-10-5-13-25-22(19)18-9-4-8-17-20-14-16(15-6-2-1-3-7-15)11-12-21(20)26(24)23(17)18/h1-14H. The van der Waals surface area contributed by atoms with Gasteiger partial charge in [-0.1, -0.05) is 54.6 Å². The summed E-state index contributed by atoms with van der Waals surface area (Å²) in [4.78, 5) is 17.7. The highest BCUT2D eigenvalue weighted by Crippen LogP contribution is 2.35. The smallest absolute Gasteiger partial charge is 0.265 e. The van der Waals surface area contributed by atoms with Crippen LogP contribution in [0.3, 0.4) is 0 Å². The first kappa shape index (κ1) is 14.4. The first-order chi connectivity index (χ1) is 13.3. The van der Waals surface area contributed by atoms with Crippen LogP contribution in [0.15, 0.2) is 89.9 Å². The molecule has 3 nitrogen and oxygen atoms in total. The van der Waals surface area contributed by atoms with Crippen LogP contribution in [-0.4, -0.2) is 9.38 Å². The van der Waals surface area contributed by atoms with E-state index in [9.17, 15) is 4.79 Å². The van der Waals surface area contributed by atoms with Crippen molar-refractivity contribution in [2.24, 2.45) is 0 Å². The first-order valence-electron chi connectivity index (χ1n) is 8.95. The number of rotatable bonds is 1. The number of aromatic nitrogens is 2.